The van der Waals surface area contributed by atoms with Crippen LogP contribution in [0.3, 0.4) is 0 Å². The molecule has 6 heteroatoms. The molecule has 1 amide bonds. The number of hydrogen-bond donors (Lipinski definition) is 2. The van der Waals surface area contributed by atoms with Gasteiger partial charge in [-0.05, 0) is 38.4 Å². The van der Waals surface area contributed by atoms with Crippen LogP contribution in [-0.4, -0.2) is 19.0 Å². The summed E-state index contributed by atoms with van der Waals surface area (Å²) in [6, 6.07) is 3.12. The van der Waals surface area contributed by atoms with E-state index in [9.17, 15) is 13.6 Å². The van der Waals surface area contributed by atoms with Crippen LogP contribution < -0.4 is 10.6 Å². The number of piperidine rings is 1. The van der Waals surface area contributed by atoms with Crippen LogP contribution in [0.2, 0.25) is 0 Å². The van der Waals surface area contributed by atoms with Gasteiger partial charge < -0.3 is 10.6 Å². The van der Waals surface area contributed by atoms with Crippen molar-refractivity contribution >= 4 is 24.0 Å². The zero-order valence-corrected chi connectivity index (χ0v) is 11.4. The number of amides is 1. The van der Waals surface area contributed by atoms with Gasteiger partial charge in [-0.3, -0.25) is 4.79 Å². The van der Waals surface area contributed by atoms with Crippen molar-refractivity contribution in [3.8, 4) is 0 Å². The molecule has 1 unspecified atom stereocenters. The Morgan fingerprint density at radius 1 is 1.42 bits per heavy atom. The lowest BCUT2D eigenvalue weighted by Crippen LogP contribution is -2.46. The van der Waals surface area contributed by atoms with E-state index >= 15 is 0 Å². The molecule has 0 radical (unpaired) electrons. The number of nitrogens with one attached hydrogen (secondary N) is 2. The van der Waals surface area contributed by atoms with Crippen LogP contribution in [0, 0.1) is 17.0 Å². The van der Waals surface area contributed by atoms with E-state index in [0.29, 0.717) is 6.54 Å². The quantitative estimate of drug-likeness (QED) is 0.879. The maximum Gasteiger partial charge on any atom is 0.231 e. The Bertz CT molecular complexity index is 462. The van der Waals surface area contributed by atoms with Gasteiger partial charge in [0.2, 0.25) is 5.91 Å². The van der Waals surface area contributed by atoms with Gasteiger partial charge in [-0.2, -0.15) is 0 Å². The summed E-state index contributed by atoms with van der Waals surface area (Å²) in [6.07, 6.45) is 1.67. The Morgan fingerprint density at radius 2 is 2.16 bits per heavy atom. The first-order valence-electron chi connectivity index (χ1n) is 5.98. The lowest BCUT2D eigenvalue weighted by Gasteiger charge is -2.32. The molecule has 0 saturated carbocycles. The molecule has 1 atom stereocenters. The molecular formula is C13H17ClF2N2O. The summed E-state index contributed by atoms with van der Waals surface area (Å²) < 4.78 is 26.2. The van der Waals surface area contributed by atoms with Crippen LogP contribution in [-0.2, 0) is 4.79 Å². The SMILES string of the molecule is CC1(C(=O)Nc2ccc(F)cc2F)CCCNC1.Cl. The highest BCUT2D eigenvalue weighted by atomic mass is 35.5. The fourth-order valence-electron chi connectivity index (χ4n) is 2.11. The van der Waals surface area contributed by atoms with Gasteiger partial charge in [0, 0.05) is 12.6 Å². The number of hydrogen-bond acceptors (Lipinski definition) is 2. The van der Waals surface area contributed by atoms with Crippen molar-refractivity contribution < 1.29 is 13.6 Å². The van der Waals surface area contributed by atoms with E-state index in [-0.39, 0.29) is 24.0 Å². The number of carbonyl (C=O) groups is 1. The third-order valence-electron chi connectivity index (χ3n) is 3.32. The summed E-state index contributed by atoms with van der Waals surface area (Å²) in [6.45, 7) is 3.31. The summed E-state index contributed by atoms with van der Waals surface area (Å²) in [4.78, 5) is 12.1. The fraction of sp³-hybridized carbons (Fsp3) is 0.462. The van der Waals surface area contributed by atoms with Crippen molar-refractivity contribution in [1.29, 1.82) is 0 Å². The Morgan fingerprint density at radius 3 is 2.74 bits per heavy atom. The standard InChI is InChI=1S/C13H16F2N2O.ClH/c1-13(5-2-6-16-8-13)12(18)17-11-4-3-9(14)7-10(11)15;/h3-4,7,16H,2,5-6,8H2,1H3,(H,17,18);1H. The van der Waals surface area contributed by atoms with Crippen LogP contribution in [0.1, 0.15) is 19.8 Å². The first kappa shape index (κ1) is 15.9. The fourth-order valence-corrected chi connectivity index (χ4v) is 2.11. The second-order valence-electron chi connectivity index (χ2n) is 4.92. The minimum Gasteiger partial charge on any atom is -0.323 e. The zero-order chi connectivity index (χ0) is 13.2. The number of benzene rings is 1. The maximum absolute atomic E-state index is 13.4. The third kappa shape index (κ3) is 3.64. The summed E-state index contributed by atoms with van der Waals surface area (Å²) >= 11 is 0. The number of anilines is 1. The van der Waals surface area contributed by atoms with Crippen molar-refractivity contribution in [2.75, 3.05) is 18.4 Å². The highest BCUT2D eigenvalue weighted by molar-refractivity contribution is 5.95. The number of halogens is 3. The van der Waals surface area contributed by atoms with Gasteiger partial charge in [0.1, 0.15) is 11.6 Å². The maximum atomic E-state index is 13.4. The highest BCUT2D eigenvalue weighted by Gasteiger charge is 2.34. The van der Waals surface area contributed by atoms with E-state index in [1.165, 1.54) is 6.07 Å². The van der Waals surface area contributed by atoms with Crippen LogP contribution >= 0.6 is 12.4 Å². The van der Waals surface area contributed by atoms with Crippen molar-refractivity contribution in [3.63, 3.8) is 0 Å². The Kier molecular flexibility index (Phi) is 5.26. The minimum atomic E-state index is -0.754. The van der Waals surface area contributed by atoms with Gasteiger partial charge in [0.15, 0.2) is 0 Å². The minimum absolute atomic E-state index is 0. The summed E-state index contributed by atoms with van der Waals surface area (Å²) in [5, 5.41) is 5.68. The molecule has 1 saturated heterocycles. The second-order valence-corrected chi connectivity index (χ2v) is 4.92. The van der Waals surface area contributed by atoms with E-state index < -0.39 is 17.0 Å². The topological polar surface area (TPSA) is 41.1 Å². The molecule has 1 aromatic carbocycles. The molecule has 2 N–H and O–H groups in total. The van der Waals surface area contributed by atoms with E-state index in [0.717, 1.165) is 31.5 Å². The Hall–Kier alpha value is -1.20. The molecular weight excluding hydrogens is 274 g/mol. The normalized spacial score (nSPS) is 22.5. The predicted molar refractivity (Wildman–Crippen MR) is 72.4 cm³/mol. The monoisotopic (exact) mass is 290 g/mol. The van der Waals surface area contributed by atoms with E-state index in [1.807, 2.05) is 6.92 Å². The largest absolute Gasteiger partial charge is 0.323 e. The highest BCUT2D eigenvalue weighted by Crippen LogP contribution is 2.27. The van der Waals surface area contributed by atoms with Crippen molar-refractivity contribution in [2.24, 2.45) is 5.41 Å². The molecule has 1 fully saturated rings. The average Bonchev–Trinajstić information content (AvgIpc) is 2.33. The van der Waals surface area contributed by atoms with E-state index in [2.05, 4.69) is 10.6 Å². The smallest absolute Gasteiger partial charge is 0.231 e. The molecule has 106 valence electrons. The second kappa shape index (κ2) is 6.30. The molecule has 0 aliphatic carbocycles. The molecule has 2 rings (SSSR count). The van der Waals surface area contributed by atoms with Crippen molar-refractivity contribution in [1.82, 2.24) is 5.32 Å². The molecule has 0 bridgehead atoms. The lowest BCUT2D eigenvalue weighted by molar-refractivity contribution is -0.125. The molecule has 0 aromatic heterocycles. The van der Waals surface area contributed by atoms with Crippen molar-refractivity contribution in [3.05, 3.63) is 29.8 Å². The van der Waals surface area contributed by atoms with Crippen LogP contribution in [0.4, 0.5) is 14.5 Å². The van der Waals surface area contributed by atoms with Crippen LogP contribution in [0.15, 0.2) is 18.2 Å². The van der Waals surface area contributed by atoms with Gasteiger partial charge in [0.25, 0.3) is 0 Å². The van der Waals surface area contributed by atoms with E-state index in [4.69, 9.17) is 0 Å². The summed E-state index contributed by atoms with van der Waals surface area (Å²) in [7, 11) is 0. The van der Waals surface area contributed by atoms with Crippen LogP contribution in [0.5, 0.6) is 0 Å². The molecule has 19 heavy (non-hydrogen) atoms. The lowest BCUT2D eigenvalue weighted by atomic mass is 9.82. The first-order chi connectivity index (χ1) is 8.51. The average molecular weight is 291 g/mol. The number of carbonyl (C=O) groups excluding carboxylic acids is 1. The number of rotatable bonds is 2. The van der Waals surface area contributed by atoms with Gasteiger partial charge >= 0.3 is 0 Å². The Balaban J connectivity index is 0.00000180. The van der Waals surface area contributed by atoms with Gasteiger partial charge in [-0.25, -0.2) is 8.78 Å². The Labute approximate surface area is 117 Å². The molecule has 3 nitrogen and oxygen atoms in total. The predicted octanol–water partition coefficient (Wildman–Crippen LogP) is 2.71. The molecule has 0 spiro atoms. The summed E-state index contributed by atoms with van der Waals surface area (Å²) in [5.74, 6) is -1.65. The van der Waals surface area contributed by atoms with Crippen LogP contribution in [0.25, 0.3) is 0 Å². The van der Waals surface area contributed by atoms with Crippen molar-refractivity contribution in [2.45, 2.75) is 19.8 Å². The van der Waals surface area contributed by atoms with Gasteiger partial charge in [-0.15, -0.1) is 12.4 Å². The zero-order valence-electron chi connectivity index (χ0n) is 10.6. The molecule has 1 aromatic rings. The summed E-state index contributed by atoms with van der Waals surface area (Å²) in [5.41, 5.74) is -0.521. The van der Waals surface area contributed by atoms with Gasteiger partial charge in [0.05, 0.1) is 11.1 Å². The van der Waals surface area contributed by atoms with Gasteiger partial charge in [-0.1, -0.05) is 0 Å². The molecule has 1 heterocycles. The van der Waals surface area contributed by atoms with E-state index in [1.54, 1.807) is 0 Å². The molecule has 1 aliphatic rings. The third-order valence-corrected chi connectivity index (χ3v) is 3.32. The molecule has 1 aliphatic heterocycles. The first-order valence-corrected chi connectivity index (χ1v) is 5.98.